The molecule has 2 heterocycles. The van der Waals surface area contributed by atoms with E-state index in [4.69, 9.17) is 5.73 Å². The van der Waals surface area contributed by atoms with Crippen molar-refractivity contribution in [3.63, 3.8) is 0 Å². The monoisotopic (exact) mass is 475 g/mol. The minimum atomic E-state index is -4.66. The van der Waals surface area contributed by atoms with Crippen LogP contribution in [0.15, 0.2) is 83.6 Å². The number of alkyl halides is 6. The fraction of sp³-hybridized carbons (Fsp3) is 0.0870. The van der Waals surface area contributed by atoms with E-state index < -0.39 is 23.7 Å². The predicted molar refractivity (Wildman–Crippen MR) is 116 cm³/mol. The number of pyridine rings is 1. The second-order valence-electron chi connectivity index (χ2n) is 7.13. The van der Waals surface area contributed by atoms with Crippen LogP contribution in [0.4, 0.5) is 32.0 Å². The Hall–Kier alpha value is -4.15. The van der Waals surface area contributed by atoms with Crippen molar-refractivity contribution in [2.45, 2.75) is 12.4 Å². The zero-order valence-corrected chi connectivity index (χ0v) is 17.1. The Morgan fingerprint density at radius 3 is 2.29 bits per heavy atom. The number of nitrogens with zero attached hydrogens (tertiary/aromatic N) is 4. The molecule has 0 saturated carbocycles. The first-order valence-corrected chi connectivity index (χ1v) is 9.73. The molecule has 0 atom stereocenters. The zero-order chi connectivity index (χ0) is 24.5. The van der Waals surface area contributed by atoms with Gasteiger partial charge < -0.3 is 5.73 Å². The molecule has 174 valence electrons. The maximum atomic E-state index is 12.8. The van der Waals surface area contributed by atoms with Crippen LogP contribution in [0.3, 0.4) is 0 Å². The van der Waals surface area contributed by atoms with Crippen LogP contribution in [0.1, 0.15) is 5.69 Å². The van der Waals surface area contributed by atoms with Gasteiger partial charge in [-0.3, -0.25) is 4.99 Å². The number of para-hydroxylation sites is 1. The van der Waals surface area contributed by atoms with Crippen LogP contribution in [0, 0.1) is 0 Å². The van der Waals surface area contributed by atoms with Crippen LogP contribution in [-0.2, 0) is 6.18 Å². The van der Waals surface area contributed by atoms with Crippen molar-refractivity contribution in [3.05, 3.63) is 84.3 Å². The van der Waals surface area contributed by atoms with E-state index in [0.717, 1.165) is 17.0 Å². The molecule has 11 heteroatoms. The summed E-state index contributed by atoms with van der Waals surface area (Å²) in [5.41, 5.74) is 5.16. The number of hydrogen-bond acceptors (Lipinski definition) is 4. The highest BCUT2D eigenvalue weighted by molar-refractivity contribution is 5.94. The number of allylic oxidation sites excluding steroid dienone is 2. The third-order valence-corrected chi connectivity index (χ3v) is 4.80. The summed E-state index contributed by atoms with van der Waals surface area (Å²) in [5, 5.41) is 4.16. The number of fused-ring (bicyclic) bond motifs is 1. The molecule has 2 aromatic heterocycles. The number of benzene rings is 2. The second-order valence-corrected chi connectivity index (χ2v) is 7.13. The van der Waals surface area contributed by atoms with E-state index >= 15 is 0 Å². The lowest BCUT2D eigenvalue weighted by atomic mass is 10.1. The van der Waals surface area contributed by atoms with Crippen LogP contribution in [0.2, 0.25) is 0 Å². The quantitative estimate of drug-likeness (QED) is 0.282. The maximum Gasteiger partial charge on any atom is 0.435 e. The van der Waals surface area contributed by atoms with Crippen molar-refractivity contribution in [2.75, 3.05) is 0 Å². The Labute approximate surface area is 188 Å². The molecule has 4 aromatic rings. The normalized spacial score (nSPS) is 13.2. The molecule has 0 unspecified atom stereocenters. The molecule has 2 N–H and O–H groups in total. The van der Waals surface area contributed by atoms with Crippen molar-refractivity contribution in [1.82, 2.24) is 14.8 Å². The molecule has 34 heavy (non-hydrogen) atoms. The maximum absolute atomic E-state index is 12.8. The molecule has 0 radical (unpaired) electrons. The van der Waals surface area contributed by atoms with Crippen molar-refractivity contribution in [2.24, 2.45) is 10.7 Å². The third kappa shape index (κ3) is 4.92. The van der Waals surface area contributed by atoms with Gasteiger partial charge in [0.2, 0.25) is 0 Å². The predicted octanol–water partition coefficient (Wildman–Crippen LogP) is 6.21. The Balaban J connectivity index is 1.69. The SMILES string of the molecule is NC(=CC=Nc1cc(-c2ccc(-n3ccc(C(F)(F)F)n3)cc2)nc2ccccc12)C(F)(F)F. The molecule has 0 aliphatic carbocycles. The number of halogens is 6. The number of nitrogens with two attached hydrogens (primary N) is 1. The summed E-state index contributed by atoms with van der Waals surface area (Å²) in [6.45, 7) is 0. The molecular weight excluding hydrogens is 460 g/mol. The highest BCUT2D eigenvalue weighted by Crippen LogP contribution is 2.31. The van der Waals surface area contributed by atoms with Gasteiger partial charge in [0.25, 0.3) is 0 Å². The molecule has 2 aromatic carbocycles. The smallest absolute Gasteiger partial charge is 0.395 e. The van der Waals surface area contributed by atoms with Gasteiger partial charge in [-0.1, -0.05) is 30.3 Å². The summed E-state index contributed by atoms with van der Waals surface area (Å²) in [4.78, 5) is 8.69. The summed E-state index contributed by atoms with van der Waals surface area (Å²) in [6, 6.07) is 15.9. The lowest BCUT2D eigenvalue weighted by molar-refractivity contribution is -0.141. The minimum absolute atomic E-state index is 0.373. The van der Waals surface area contributed by atoms with E-state index in [-0.39, 0.29) is 0 Å². The third-order valence-electron chi connectivity index (χ3n) is 4.80. The molecule has 0 bridgehead atoms. The molecule has 0 aliphatic rings. The standard InChI is InChI=1S/C23H15F6N5/c24-22(25,26)20(30)9-11-31-19-13-18(32-17-4-2-1-3-16(17)19)14-5-7-15(8-6-14)34-12-10-21(33-34)23(27,28)29/h1-13H,30H2. The molecule has 0 fully saturated rings. The van der Waals surface area contributed by atoms with Gasteiger partial charge in [-0.25, -0.2) is 9.67 Å². The minimum Gasteiger partial charge on any atom is -0.395 e. The summed E-state index contributed by atoms with van der Waals surface area (Å²) in [5.74, 6) is 0. The van der Waals surface area contributed by atoms with Gasteiger partial charge in [0.15, 0.2) is 5.69 Å². The highest BCUT2D eigenvalue weighted by atomic mass is 19.4. The summed E-state index contributed by atoms with van der Waals surface area (Å²) in [7, 11) is 0. The van der Waals surface area contributed by atoms with Gasteiger partial charge in [0.1, 0.15) is 5.70 Å². The first kappa shape index (κ1) is 23.0. The van der Waals surface area contributed by atoms with E-state index in [9.17, 15) is 26.3 Å². The molecular formula is C23H15F6N5. The summed E-state index contributed by atoms with van der Waals surface area (Å²) < 4.78 is 77.3. The Morgan fingerprint density at radius 1 is 0.941 bits per heavy atom. The van der Waals surface area contributed by atoms with E-state index in [2.05, 4.69) is 15.1 Å². The summed E-state index contributed by atoms with van der Waals surface area (Å²) in [6.07, 6.45) is -6.36. The van der Waals surface area contributed by atoms with Crippen molar-refractivity contribution in [1.29, 1.82) is 0 Å². The van der Waals surface area contributed by atoms with E-state index in [1.807, 2.05) is 0 Å². The lowest BCUT2D eigenvalue weighted by Gasteiger charge is -2.08. The average Bonchev–Trinajstić information content (AvgIpc) is 3.29. The van der Waals surface area contributed by atoms with Gasteiger partial charge in [-0.2, -0.15) is 31.4 Å². The van der Waals surface area contributed by atoms with Crippen LogP contribution >= 0.6 is 0 Å². The highest BCUT2D eigenvalue weighted by Gasteiger charge is 2.33. The van der Waals surface area contributed by atoms with Crippen molar-refractivity contribution >= 4 is 22.8 Å². The molecule has 0 spiro atoms. The van der Waals surface area contributed by atoms with Gasteiger partial charge in [0.05, 0.1) is 22.6 Å². The van der Waals surface area contributed by atoms with E-state index in [0.29, 0.717) is 39.6 Å². The largest absolute Gasteiger partial charge is 0.435 e. The Kier molecular flexibility index (Phi) is 5.86. The van der Waals surface area contributed by atoms with Gasteiger partial charge in [0, 0.05) is 23.4 Å². The number of aliphatic imine (C=N–C) groups is 1. The molecule has 0 saturated heterocycles. The summed E-state index contributed by atoms with van der Waals surface area (Å²) >= 11 is 0. The van der Waals surface area contributed by atoms with Gasteiger partial charge in [-0.05, 0) is 36.4 Å². The zero-order valence-electron chi connectivity index (χ0n) is 17.1. The molecule has 4 rings (SSSR count). The van der Waals surface area contributed by atoms with E-state index in [1.54, 1.807) is 54.6 Å². The number of hydrogen-bond donors (Lipinski definition) is 1. The molecule has 0 aliphatic heterocycles. The van der Waals surface area contributed by atoms with Crippen LogP contribution in [0.5, 0.6) is 0 Å². The number of rotatable bonds is 4. The second kappa shape index (κ2) is 8.65. The molecule has 5 nitrogen and oxygen atoms in total. The van der Waals surface area contributed by atoms with Crippen molar-refractivity contribution < 1.29 is 26.3 Å². The Bertz CT molecular complexity index is 1380. The fourth-order valence-corrected chi connectivity index (χ4v) is 3.11. The average molecular weight is 475 g/mol. The lowest BCUT2D eigenvalue weighted by Crippen LogP contribution is -2.19. The Morgan fingerprint density at radius 2 is 1.65 bits per heavy atom. The van der Waals surface area contributed by atoms with Crippen molar-refractivity contribution in [3.8, 4) is 16.9 Å². The van der Waals surface area contributed by atoms with Crippen LogP contribution < -0.4 is 5.73 Å². The van der Waals surface area contributed by atoms with Crippen LogP contribution in [-0.4, -0.2) is 27.2 Å². The van der Waals surface area contributed by atoms with Gasteiger partial charge in [-0.15, -0.1) is 0 Å². The first-order chi connectivity index (χ1) is 16.0. The van der Waals surface area contributed by atoms with Gasteiger partial charge >= 0.3 is 12.4 Å². The molecule has 0 amide bonds. The first-order valence-electron chi connectivity index (χ1n) is 9.73. The fourth-order valence-electron chi connectivity index (χ4n) is 3.11. The van der Waals surface area contributed by atoms with Crippen LogP contribution in [0.25, 0.3) is 27.8 Å². The number of aromatic nitrogens is 3. The van der Waals surface area contributed by atoms with E-state index in [1.165, 1.54) is 6.20 Å². The topological polar surface area (TPSA) is 69.1 Å².